The first-order valence-electron chi connectivity index (χ1n) is 8.99. The largest absolute Gasteiger partial charge is 0.388 e. The number of rotatable bonds is 16. The van der Waals surface area contributed by atoms with Gasteiger partial charge in [0.05, 0.1) is 18.8 Å². The van der Waals surface area contributed by atoms with Crippen LogP contribution < -0.4 is 0 Å². The Kier molecular flexibility index (Phi) is 14.3. The number of aliphatic hydroxyl groups is 1. The average Bonchev–Trinajstić information content (AvgIpc) is 2.47. The molecule has 0 saturated heterocycles. The molecule has 0 aliphatic carbocycles. The second kappa shape index (κ2) is 14.4. The molecule has 4 heteroatoms. The van der Waals surface area contributed by atoms with Crippen molar-refractivity contribution in [3.63, 3.8) is 0 Å². The van der Waals surface area contributed by atoms with Crippen molar-refractivity contribution in [3.8, 4) is 0 Å². The molecule has 1 N–H and O–H groups in total. The lowest BCUT2D eigenvalue weighted by Gasteiger charge is -2.25. The van der Waals surface area contributed by atoms with Crippen LogP contribution in [0.1, 0.15) is 72.6 Å². The number of hydrogen-bond acceptors (Lipinski definition) is 4. The molecular weight excluding hydrogens is 280 g/mol. The summed E-state index contributed by atoms with van der Waals surface area (Å²) in [5.41, 5.74) is -0.0399. The molecule has 0 bridgehead atoms. The minimum absolute atomic E-state index is 0.0399. The SMILES string of the molecule is CCCCOCC(O)COCCCCC(C)(C)OCCCC. The summed E-state index contributed by atoms with van der Waals surface area (Å²) in [6.07, 6.45) is 7.09. The third-order valence-corrected chi connectivity index (χ3v) is 3.57. The van der Waals surface area contributed by atoms with E-state index in [0.29, 0.717) is 19.8 Å². The van der Waals surface area contributed by atoms with E-state index in [-0.39, 0.29) is 5.60 Å². The maximum atomic E-state index is 9.68. The van der Waals surface area contributed by atoms with Crippen molar-refractivity contribution in [1.29, 1.82) is 0 Å². The van der Waals surface area contributed by atoms with Crippen LogP contribution in [0.15, 0.2) is 0 Å². The Balaban J connectivity index is 3.41. The molecule has 0 aromatic carbocycles. The molecule has 4 nitrogen and oxygen atoms in total. The summed E-state index contributed by atoms with van der Waals surface area (Å²) in [4.78, 5) is 0. The summed E-state index contributed by atoms with van der Waals surface area (Å²) in [6.45, 7) is 11.6. The molecule has 0 saturated carbocycles. The molecule has 0 rings (SSSR count). The van der Waals surface area contributed by atoms with Crippen LogP contribution in [-0.2, 0) is 14.2 Å². The Morgan fingerprint density at radius 2 is 1.36 bits per heavy atom. The van der Waals surface area contributed by atoms with E-state index < -0.39 is 6.10 Å². The topological polar surface area (TPSA) is 47.9 Å². The smallest absolute Gasteiger partial charge is 0.101 e. The van der Waals surface area contributed by atoms with E-state index in [1.165, 1.54) is 6.42 Å². The summed E-state index contributed by atoms with van der Waals surface area (Å²) in [7, 11) is 0. The first-order chi connectivity index (χ1) is 10.5. The van der Waals surface area contributed by atoms with Crippen molar-refractivity contribution in [2.75, 3.05) is 33.0 Å². The summed E-state index contributed by atoms with van der Waals surface area (Å²) in [5, 5.41) is 9.68. The molecule has 0 aliphatic heterocycles. The fourth-order valence-electron chi connectivity index (χ4n) is 2.05. The molecule has 0 amide bonds. The number of hydrogen-bond donors (Lipinski definition) is 1. The predicted octanol–water partition coefficient (Wildman–Crippen LogP) is 3.95. The lowest BCUT2D eigenvalue weighted by atomic mass is 10.0. The molecular formula is C18H38O4. The van der Waals surface area contributed by atoms with Crippen molar-refractivity contribution in [1.82, 2.24) is 0 Å². The third-order valence-electron chi connectivity index (χ3n) is 3.57. The minimum atomic E-state index is -0.509. The Hall–Kier alpha value is -0.160. The van der Waals surface area contributed by atoms with Gasteiger partial charge in [-0.1, -0.05) is 26.7 Å². The van der Waals surface area contributed by atoms with Gasteiger partial charge in [-0.3, -0.25) is 0 Å². The molecule has 0 aliphatic rings. The summed E-state index contributed by atoms with van der Waals surface area (Å²) >= 11 is 0. The fourth-order valence-corrected chi connectivity index (χ4v) is 2.05. The normalized spacial score (nSPS) is 13.5. The summed E-state index contributed by atoms with van der Waals surface area (Å²) < 4.78 is 16.7. The molecule has 0 fully saturated rings. The van der Waals surface area contributed by atoms with Crippen molar-refractivity contribution >= 4 is 0 Å². The van der Waals surface area contributed by atoms with E-state index in [1.807, 2.05) is 0 Å². The number of unbranched alkanes of at least 4 members (excludes halogenated alkanes) is 3. The highest BCUT2D eigenvalue weighted by Crippen LogP contribution is 2.18. The average molecular weight is 318 g/mol. The van der Waals surface area contributed by atoms with Crippen molar-refractivity contribution in [3.05, 3.63) is 0 Å². The zero-order valence-corrected chi connectivity index (χ0v) is 15.2. The predicted molar refractivity (Wildman–Crippen MR) is 91.3 cm³/mol. The van der Waals surface area contributed by atoms with E-state index in [4.69, 9.17) is 14.2 Å². The first-order valence-corrected chi connectivity index (χ1v) is 8.99. The van der Waals surface area contributed by atoms with Gasteiger partial charge in [-0.15, -0.1) is 0 Å². The molecule has 0 radical (unpaired) electrons. The van der Waals surface area contributed by atoms with Gasteiger partial charge in [0.15, 0.2) is 0 Å². The number of aliphatic hydroxyl groups excluding tert-OH is 1. The number of ether oxygens (including phenoxy) is 3. The lowest BCUT2D eigenvalue weighted by molar-refractivity contribution is -0.0319. The standard InChI is InChI=1S/C18H38O4/c1-5-7-12-20-15-17(19)16-21-13-10-9-11-18(3,4)22-14-8-6-2/h17,19H,5-16H2,1-4H3. The van der Waals surface area contributed by atoms with Crippen molar-refractivity contribution in [2.45, 2.75) is 84.3 Å². The van der Waals surface area contributed by atoms with Crippen LogP contribution in [0.3, 0.4) is 0 Å². The molecule has 1 atom stereocenters. The van der Waals surface area contributed by atoms with Crippen LogP contribution in [0, 0.1) is 0 Å². The van der Waals surface area contributed by atoms with Crippen LogP contribution in [0.4, 0.5) is 0 Å². The summed E-state index contributed by atoms with van der Waals surface area (Å²) in [5.74, 6) is 0. The molecule has 1 unspecified atom stereocenters. The molecule has 134 valence electrons. The van der Waals surface area contributed by atoms with E-state index in [9.17, 15) is 5.11 Å². The Labute approximate surface area is 137 Å². The van der Waals surface area contributed by atoms with Gasteiger partial charge < -0.3 is 19.3 Å². The minimum Gasteiger partial charge on any atom is -0.388 e. The molecule has 22 heavy (non-hydrogen) atoms. The van der Waals surface area contributed by atoms with E-state index >= 15 is 0 Å². The van der Waals surface area contributed by atoms with Crippen LogP contribution in [0.5, 0.6) is 0 Å². The second-order valence-corrected chi connectivity index (χ2v) is 6.58. The summed E-state index contributed by atoms with van der Waals surface area (Å²) in [6, 6.07) is 0. The lowest BCUT2D eigenvalue weighted by Crippen LogP contribution is -2.25. The van der Waals surface area contributed by atoms with Gasteiger partial charge in [0.2, 0.25) is 0 Å². The van der Waals surface area contributed by atoms with Crippen LogP contribution in [0.2, 0.25) is 0 Å². The maximum absolute atomic E-state index is 9.68. The van der Waals surface area contributed by atoms with Crippen LogP contribution in [-0.4, -0.2) is 49.8 Å². The van der Waals surface area contributed by atoms with Gasteiger partial charge >= 0.3 is 0 Å². The van der Waals surface area contributed by atoms with Gasteiger partial charge in [-0.25, -0.2) is 0 Å². The van der Waals surface area contributed by atoms with Gasteiger partial charge in [-0.05, 0) is 46.0 Å². The fraction of sp³-hybridized carbons (Fsp3) is 1.00. The van der Waals surface area contributed by atoms with Gasteiger partial charge in [0.1, 0.15) is 6.10 Å². The quantitative estimate of drug-likeness (QED) is 0.438. The zero-order chi connectivity index (χ0) is 16.7. The highest BCUT2D eigenvalue weighted by Gasteiger charge is 2.17. The highest BCUT2D eigenvalue weighted by atomic mass is 16.5. The zero-order valence-electron chi connectivity index (χ0n) is 15.2. The van der Waals surface area contributed by atoms with Crippen LogP contribution in [0.25, 0.3) is 0 Å². The molecule has 0 heterocycles. The van der Waals surface area contributed by atoms with E-state index in [0.717, 1.165) is 51.7 Å². The Morgan fingerprint density at radius 1 is 0.818 bits per heavy atom. The Morgan fingerprint density at radius 3 is 1.95 bits per heavy atom. The van der Waals surface area contributed by atoms with Gasteiger partial charge in [-0.2, -0.15) is 0 Å². The van der Waals surface area contributed by atoms with Crippen molar-refractivity contribution in [2.24, 2.45) is 0 Å². The van der Waals surface area contributed by atoms with Gasteiger partial charge in [0, 0.05) is 19.8 Å². The monoisotopic (exact) mass is 318 g/mol. The molecule has 0 aromatic rings. The molecule has 0 aromatic heterocycles. The van der Waals surface area contributed by atoms with Crippen molar-refractivity contribution < 1.29 is 19.3 Å². The highest BCUT2D eigenvalue weighted by molar-refractivity contribution is 4.68. The van der Waals surface area contributed by atoms with E-state index in [2.05, 4.69) is 27.7 Å². The van der Waals surface area contributed by atoms with Gasteiger partial charge in [0.25, 0.3) is 0 Å². The first kappa shape index (κ1) is 21.8. The second-order valence-electron chi connectivity index (χ2n) is 6.58. The van der Waals surface area contributed by atoms with Crippen LogP contribution >= 0.6 is 0 Å². The molecule has 0 spiro atoms. The third kappa shape index (κ3) is 14.8. The maximum Gasteiger partial charge on any atom is 0.101 e. The van der Waals surface area contributed by atoms with E-state index in [1.54, 1.807) is 0 Å². The Bertz CT molecular complexity index is 231.